The third-order valence-corrected chi connectivity index (χ3v) is 3.27. The number of furan rings is 1. The summed E-state index contributed by atoms with van der Waals surface area (Å²) in [6.45, 7) is 3.34. The molecule has 0 atom stereocenters. The fourth-order valence-electron chi connectivity index (χ4n) is 2.13. The third-order valence-electron chi connectivity index (χ3n) is 3.27. The number of hydrogen-bond acceptors (Lipinski definition) is 3. The van der Waals surface area contributed by atoms with Crippen LogP contribution in [0.4, 0.5) is 0 Å². The highest BCUT2D eigenvalue weighted by Gasteiger charge is 2.33. The van der Waals surface area contributed by atoms with E-state index in [1.54, 1.807) is 26.0 Å². The Morgan fingerprint density at radius 2 is 1.59 bits per heavy atom. The predicted molar refractivity (Wildman–Crippen MR) is 63.2 cm³/mol. The average Bonchev–Trinajstić information content (AvgIpc) is 2.73. The normalized spacial score (nSPS) is 15.6. The molecule has 0 saturated carbocycles. The standard InChI is InChI=1S/C14H10O3/c1-7-8(2)13(16)14-11(12(7)15)9-5-3-4-6-10(9)17-14/h3-6H,1-2H3. The maximum absolute atomic E-state index is 12.2. The first-order valence-electron chi connectivity index (χ1n) is 5.39. The Balaban J connectivity index is 2.44. The Hall–Kier alpha value is -2.16. The van der Waals surface area contributed by atoms with Crippen molar-refractivity contribution in [2.75, 3.05) is 0 Å². The molecule has 3 rings (SSSR count). The van der Waals surface area contributed by atoms with Crippen LogP contribution in [0.3, 0.4) is 0 Å². The smallest absolute Gasteiger partial charge is 0.225 e. The summed E-state index contributed by atoms with van der Waals surface area (Å²) in [5.74, 6) is -0.116. The van der Waals surface area contributed by atoms with E-state index in [0.29, 0.717) is 27.7 Å². The fourth-order valence-corrected chi connectivity index (χ4v) is 2.13. The first-order chi connectivity index (χ1) is 8.11. The molecule has 0 N–H and O–H groups in total. The largest absolute Gasteiger partial charge is 0.452 e. The summed E-state index contributed by atoms with van der Waals surface area (Å²) < 4.78 is 5.49. The molecule has 84 valence electrons. The van der Waals surface area contributed by atoms with E-state index in [1.165, 1.54) is 0 Å². The Kier molecular flexibility index (Phi) is 1.87. The minimum atomic E-state index is -0.187. The number of para-hydroxylation sites is 1. The van der Waals surface area contributed by atoms with E-state index in [2.05, 4.69) is 0 Å². The first-order valence-corrected chi connectivity index (χ1v) is 5.39. The van der Waals surface area contributed by atoms with Crippen LogP contribution in [0.15, 0.2) is 39.8 Å². The lowest BCUT2D eigenvalue weighted by atomic mass is 9.89. The molecule has 0 radical (unpaired) electrons. The molecule has 0 aliphatic heterocycles. The number of ketones is 2. The zero-order valence-electron chi connectivity index (χ0n) is 9.53. The van der Waals surface area contributed by atoms with Crippen LogP contribution >= 0.6 is 0 Å². The highest BCUT2D eigenvalue weighted by molar-refractivity contribution is 6.29. The molecular weight excluding hydrogens is 216 g/mol. The Labute approximate surface area is 97.7 Å². The quantitative estimate of drug-likeness (QED) is 0.693. The molecule has 0 saturated heterocycles. The van der Waals surface area contributed by atoms with Gasteiger partial charge in [-0.15, -0.1) is 0 Å². The second kappa shape index (κ2) is 3.17. The minimum absolute atomic E-state index is 0.109. The topological polar surface area (TPSA) is 47.3 Å². The summed E-state index contributed by atoms with van der Waals surface area (Å²) in [5.41, 5.74) is 1.98. The van der Waals surface area contributed by atoms with Crippen molar-refractivity contribution in [3.8, 4) is 0 Å². The second-order valence-corrected chi connectivity index (χ2v) is 4.21. The van der Waals surface area contributed by atoms with Crippen molar-refractivity contribution in [1.82, 2.24) is 0 Å². The van der Waals surface area contributed by atoms with Crippen LogP contribution in [-0.2, 0) is 0 Å². The van der Waals surface area contributed by atoms with Crippen molar-refractivity contribution in [3.05, 3.63) is 46.7 Å². The first kappa shape index (κ1) is 10.0. The molecule has 1 aromatic heterocycles. The van der Waals surface area contributed by atoms with E-state index in [9.17, 15) is 9.59 Å². The van der Waals surface area contributed by atoms with Crippen LogP contribution in [0, 0.1) is 0 Å². The van der Waals surface area contributed by atoms with Crippen LogP contribution in [0.5, 0.6) is 0 Å². The van der Waals surface area contributed by atoms with Gasteiger partial charge in [0.05, 0.1) is 5.56 Å². The number of Topliss-reactive ketones (excluding diaryl/α,β-unsaturated/α-hetero) is 2. The van der Waals surface area contributed by atoms with E-state index in [0.717, 1.165) is 0 Å². The molecule has 0 unspecified atom stereocenters. The van der Waals surface area contributed by atoms with E-state index >= 15 is 0 Å². The zero-order chi connectivity index (χ0) is 12.2. The van der Waals surface area contributed by atoms with Crippen LogP contribution in [0.1, 0.15) is 34.8 Å². The SMILES string of the molecule is CC1=C(C)C(=O)c2c(oc3ccccc23)C1=O. The maximum atomic E-state index is 12.2. The molecular formula is C14H10O3. The summed E-state index contributed by atoms with van der Waals surface area (Å²) in [4.78, 5) is 24.2. The molecule has 1 aliphatic carbocycles. The monoisotopic (exact) mass is 226 g/mol. The summed E-state index contributed by atoms with van der Waals surface area (Å²) in [6.07, 6.45) is 0. The van der Waals surface area contributed by atoms with Crippen molar-refractivity contribution in [1.29, 1.82) is 0 Å². The van der Waals surface area contributed by atoms with Crippen LogP contribution in [0.25, 0.3) is 11.0 Å². The van der Waals surface area contributed by atoms with Crippen molar-refractivity contribution in [2.45, 2.75) is 13.8 Å². The lowest BCUT2D eigenvalue weighted by molar-refractivity contribution is 0.0958. The number of carbonyl (C=O) groups excluding carboxylic acids is 2. The molecule has 1 aliphatic rings. The molecule has 0 bridgehead atoms. The van der Waals surface area contributed by atoms with E-state index in [1.807, 2.05) is 12.1 Å². The highest BCUT2D eigenvalue weighted by Crippen LogP contribution is 2.33. The van der Waals surface area contributed by atoms with Crippen molar-refractivity contribution < 1.29 is 14.0 Å². The van der Waals surface area contributed by atoms with Gasteiger partial charge in [0.15, 0.2) is 11.5 Å². The lowest BCUT2D eigenvalue weighted by Gasteiger charge is -2.11. The van der Waals surface area contributed by atoms with E-state index in [4.69, 9.17) is 4.42 Å². The molecule has 3 heteroatoms. The Morgan fingerprint density at radius 3 is 2.35 bits per heavy atom. The van der Waals surface area contributed by atoms with E-state index < -0.39 is 0 Å². The number of rotatable bonds is 0. The van der Waals surface area contributed by atoms with E-state index in [-0.39, 0.29) is 17.3 Å². The highest BCUT2D eigenvalue weighted by atomic mass is 16.3. The number of fused-ring (bicyclic) bond motifs is 3. The van der Waals surface area contributed by atoms with Crippen molar-refractivity contribution in [2.24, 2.45) is 0 Å². The number of benzene rings is 1. The van der Waals surface area contributed by atoms with Crippen LogP contribution < -0.4 is 0 Å². The molecule has 1 heterocycles. The molecule has 17 heavy (non-hydrogen) atoms. The average molecular weight is 226 g/mol. The predicted octanol–water partition coefficient (Wildman–Crippen LogP) is 3.15. The van der Waals surface area contributed by atoms with Gasteiger partial charge in [-0.1, -0.05) is 18.2 Å². The zero-order valence-corrected chi connectivity index (χ0v) is 9.53. The Morgan fingerprint density at radius 1 is 0.941 bits per heavy atom. The van der Waals surface area contributed by atoms with Gasteiger partial charge in [0.25, 0.3) is 0 Å². The molecule has 3 nitrogen and oxygen atoms in total. The molecule has 1 aromatic carbocycles. The van der Waals surface area contributed by atoms with Crippen molar-refractivity contribution in [3.63, 3.8) is 0 Å². The van der Waals surface area contributed by atoms with Gasteiger partial charge in [0.1, 0.15) is 5.58 Å². The minimum Gasteiger partial charge on any atom is -0.452 e. The summed E-state index contributed by atoms with van der Waals surface area (Å²) in [5, 5.41) is 0.715. The lowest BCUT2D eigenvalue weighted by Crippen LogP contribution is -2.17. The molecule has 0 spiro atoms. The van der Waals surface area contributed by atoms with Gasteiger partial charge in [0, 0.05) is 16.5 Å². The van der Waals surface area contributed by atoms with Crippen LogP contribution in [-0.4, -0.2) is 11.6 Å². The van der Waals surface area contributed by atoms with Gasteiger partial charge in [-0.25, -0.2) is 0 Å². The fraction of sp³-hybridized carbons (Fsp3) is 0.143. The van der Waals surface area contributed by atoms with Gasteiger partial charge in [-0.05, 0) is 19.9 Å². The van der Waals surface area contributed by atoms with Crippen molar-refractivity contribution >= 4 is 22.5 Å². The number of allylic oxidation sites excluding steroid dienone is 2. The summed E-state index contributed by atoms with van der Waals surface area (Å²) in [6, 6.07) is 7.21. The number of carbonyl (C=O) groups is 2. The summed E-state index contributed by atoms with van der Waals surface area (Å²) >= 11 is 0. The van der Waals surface area contributed by atoms with Gasteiger partial charge in [0.2, 0.25) is 5.78 Å². The second-order valence-electron chi connectivity index (χ2n) is 4.21. The van der Waals surface area contributed by atoms with Gasteiger partial charge < -0.3 is 4.42 Å². The van der Waals surface area contributed by atoms with Gasteiger partial charge >= 0.3 is 0 Å². The molecule has 0 amide bonds. The Bertz CT molecular complexity index is 701. The number of hydrogen-bond donors (Lipinski definition) is 0. The molecule has 0 fully saturated rings. The maximum Gasteiger partial charge on any atom is 0.225 e. The van der Waals surface area contributed by atoms with Gasteiger partial charge in [-0.3, -0.25) is 9.59 Å². The van der Waals surface area contributed by atoms with Crippen LogP contribution in [0.2, 0.25) is 0 Å². The van der Waals surface area contributed by atoms with Gasteiger partial charge in [-0.2, -0.15) is 0 Å². The third kappa shape index (κ3) is 1.16. The summed E-state index contributed by atoms with van der Waals surface area (Å²) in [7, 11) is 0. The molecule has 2 aromatic rings.